The van der Waals surface area contributed by atoms with Crippen molar-refractivity contribution in [2.45, 2.75) is 27.7 Å². The normalized spacial score (nSPS) is 11.1. The number of halogens is 1. The molecule has 4 N–H and O–H groups in total. The van der Waals surface area contributed by atoms with E-state index in [4.69, 9.17) is 4.84 Å². The summed E-state index contributed by atoms with van der Waals surface area (Å²) in [6, 6.07) is 6.16. The van der Waals surface area contributed by atoms with E-state index < -0.39 is 21.7 Å². The van der Waals surface area contributed by atoms with Crippen molar-refractivity contribution >= 4 is 44.6 Å². The first-order valence-electron chi connectivity index (χ1n) is 10.5. The van der Waals surface area contributed by atoms with Gasteiger partial charge in [0, 0.05) is 18.0 Å². The van der Waals surface area contributed by atoms with Crippen LogP contribution >= 0.6 is 0 Å². The molecule has 0 unspecified atom stereocenters. The Bertz CT molecular complexity index is 1350. The summed E-state index contributed by atoms with van der Waals surface area (Å²) < 4.78 is 40.8. The summed E-state index contributed by atoms with van der Waals surface area (Å²) >= 11 is 0. The summed E-state index contributed by atoms with van der Waals surface area (Å²) in [6.07, 6.45) is 2.34. The van der Waals surface area contributed by atoms with Crippen LogP contribution in [0.3, 0.4) is 0 Å². The topological polar surface area (TPSA) is 147 Å². The maximum Gasteiger partial charge on any atom is 0.280 e. The largest absolute Gasteiger partial charge is 0.353 e. The molecular weight excluding hydrogens is 477 g/mol. The number of amides is 1. The van der Waals surface area contributed by atoms with E-state index >= 15 is 0 Å². The molecule has 0 fully saturated rings. The van der Waals surface area contributed by atoms with Crippen molar-refractivity contribution < 1.29 is 22.4 Å². The summed E-state index contributed by atoms with van der Waals surface area (Å²) in [5, 5.41) is 5.95. The Morgan fingerprint density at radius 2 is 1.83 bits per heavy atom. The molecule has 0 saturated heterocycles. The number of hydrogen-bond donors (Lipinski definition) is 4. The lowest BCUT2D eigenvalue weighted by molar-refractivity contribution is 0.0366. The Labute approximate surface area is 202 Å². The fourth-order valence-electron chi connectivity index (χ4n) is 3.20. The van der Waals surface area contributed by atoms with E-state index in [1.54, 1.807) is 26.8 Å². The van der Waals surface area contributed by atoms with Crippen LogP contribution in [0, 0.1) is 26.6 Å². The Kier molecular flexibility index (Phi) is 7.82. The molecule has 0 radical (unpaired) electrons. The highest BCUT2D eigenvalue weighted by molar-refractivity contribution is 7.92. The van der Waals surface area contributed by atoms with E-state index in [9.17, 15) is 17.6 Å². The smallest absolute Gasteiger partial charge is 0.280 e. The molecule has 186 valence electrons. The van der Waals surface area contributed by atoms with E-state index in [1.807, 2.05) is 0 Å². The Hall–Kier alpha value is -3.84. The number of nitrogens with one attached hydrogen (secondary N) is 4. The van der Waals surface area contributed by atoms with Crippen LogP contribution in [0.2, 0.25) is 0 Å². The maximum absolute atomic E-state index is 14.9. The summed E-state index contributed by atoms with van der Waals surface area (Å²) in [6.45, 7) is 6.96. The van der Waals surface area contributed by atoms with Crippen LogP contribution in [-0.2, 0) is 14.9 Å². The van der Waals surface area contributed by atoms with Crippen molar-refractivity contribution in [2.75, 3.05) is 28.2 Å². The van der Waals surface area contributed by atoms with Gasteiger partial charge in [-0.05, 0) is 45.4 Å². The number of nitrogens with zero attached hydrogens (tertiary/aromatic N) is 3. The number of benzene rings is 1. The van der Waals surface area contributed by atoms with Gasteiger partial charge in [0.2, 0.25) is 10.0 Å². The van der Waals surface area contributed by atoms with Gasteiger partial charge in [-0.15, -0.1) is 0 Å². The average Bonchev–Trinajstić information content (AvgIpc) is 2.76. The molecular formula is C22H26FN7O4S. The standard InChI is InChI=1S/C22H26FN7O4S/c1-6-34-29-22(31)18-15(9-10-24-21(18)28-17-11-13(3)25-14(4)26-17)27-16-8-7-12(2)19(23)20(16)30-35(5,32)33/h7-11,30H,6H2,1-5H3,(H,29,31)(H2,24,25,26,27,28). The second-order valence-corrected chi connectivity index (χ2v) is 9.38. The molecule has 35 heavy (non-hydrogen) atoms. The number of hydroxylamine groups is 1. The lowest BCUT2D eigenvalue weighted by Gasteiger charge is -2.19. The molecule has 0 aliphatic heterocycles. The zero-order valence-corrected chi connectivity index (χ0v) is 20.7. The number of aromatic nitrogens is 3. The number of rotatable bonds is 9. The van der Waals surface area contributed by atoms with Gasteiger partial charge in [-0.2, -0.15) is 0 Å². The van der Waals surface area contributed by atoms with Crippen LogP contribution in [0.1, 0.15) is 34.4 Å². The number of carbonyl (C=O) groups excluding carboxylic acids is 1. The number of anilines is 5. The van der Waals surface area contributed by atoms with E-state index in [1.165, 1.54) is 31.3 Å². The van der Waals surface area contributed by atoms with Crippen LogP contribution in [-0.4, -0.2) is 42.1 Å². The van der Waals surface area contributed by atoms with Crippen LogP contribution in [0.4, 0.5) is 33.1 Å². The second kappa shape index (κ2) is 10.6. The molecule has 3 aromatic rings. The van der Waals surface area contributed by atoms with E-state index in [0.717, 1.165) is 6.26 Å². The minimum absolute atomic E-state index is 0.0288. The fourth-order valence-corrected chi connectivity index (χ4v) is 3.77. The van der Waals surface area contributed by atoms with Gasteiger partial charge in [0.05, 0.1) is 24.2 Å². The highest BCUT2D eigenvalue weighted by Crippen LogP contribution is 2.34. The zero-order chi connectivity index (χ0) is 25.8. The van der Waals surface area contributed by atoms with Crippen LogP contribution in [0.25, 0.3) is 0 Å². The lowest BCUT2D eigenvalue weighted by atomic mass is 10.1. The molecule has 11 nitrogen and oxygen atoms in total. The van der Waals surface area contributed by atoms with E-state index in [0.29, 0.717) is 17.3 Å². The summed E-state index contributed by atoms with van der Waals surface area (Å²) in [7, 11) is -3.79. The number of sulfonamides is 1. The molecule has 0 saturated carbocycles. The number of carbonyl (C=O) groups is 1. The molecule has 13 heteroatoms. The van der Waals surface area contributed by atoms with Crippen molar-refractivity contribution in [3.05, 3.63) is 58.9 Å². The predicted octanol–water partition coefficient (Wildman–Crippen LogP) is 3.48. The third-order valence-electron chi connectivity index (χ3n) is 4.59. The van der Waals surface area contributed by atoms with Gasteiger partial charge in [-0.3, -0.25) is 14.4 Å². The van der Waals surface area contributed by atoms with Crippen molar-refractivity contribution in [3.8, 4) is 0 Å². The molecule has 0 spiro atoms. The Balaban J connectivity index is 2.11. The van der Waals surface area contributed by atoms with Crippen LogP contribution < -0.4 is 20.8 Å². The van der Waals surface area contributed by atoms with Crippen LogP contribution in [0.5, 0.6) is 0 Å². The molecule has 0 aliphatic carbocycles. The Morgan fingerprint density at radius 1 is 1.09 bits per heavy atom. The van der Waals surface area contributed by atoms with Gasteiger partial charge in [0.25, 0.3) is 5.91 Å². The average molecular weight is 504 g/mol. The van der Waals surface area contributed by atoms with Gasteiger partial charge in [0.1, 0.15) is 28.7 Å². The van der Waals surface area contributed by atoms with E-state index in [-0.39, 0.29) is 40.6 Å². The first kappa shape index (κ1) is 25.8. The third-order valence-corrected chi connectivity index (χ3v) is 5.17. The quantitative estimate of drug-likeness (QED) is 0.322. The van der Waals surface area contributed by atoms with Crippen molar-refractivity contribution in [3.63, 3.8) is 0 Å². The Morgan fingerprint density at radius 3 is 2.49 bits per heavy atom. The highest BCUT2D eigenvalue weighted by atomic mass is 32.2. The van der Waals surface area contributed by atoms with E-state index in [2.05, 4.69) is 35.8 Å². The minimum Gasteiger partial charge on any atom is -0.353 e. The number of aryl methyl sites for hydroxylation is 3. The lowest BCUT2D eigenvalue weighted by Crippen LogP contribution is -2.26. The zero-order valence-electron chi connectivity index (χ0n) is 19.9. The molecule has 1 aromatic carbocycles. The number of pyridine rings is 1. The first-order valence-corrected chi connectivity index (χ1v) is 12.4. The minimum atomic E-state index is -3.79. The fraction of sp³-hybridized carbons (Fsp3) is 0.273. The van der Waals surface area contributed by atoms with Crippen molar-refractivity contribution in [2.24, 2.45) is 0 Å². The van der Waals surface area contributed by atoms with Crippen molar-refractivity contribution in [1.29, 1.82) is 0 Å². The molecule has 2 aromatic heterocycles. The summed E-state index contributed by atoms with van der Waals surface area (Å²) in [4.78, 5) is 30.9. The molecule has 2 heterocycles. The van der Waals surface area contributed by atoms with Gasteiger partial charge in [-0.1, -0.05) is 6.07 Å². The molecule has 0 aliphatic rings. The number of hydrogen-bond acceptors (Lipinski definition) is 9. The molecule has 0 bridgehead atoms. The second-order valence-electron chi connectivity index (χ2n) is 7.63. The summed E-state index contributed by atoms with van der Waals surface area (Å²) in [5.41, 5.74) is 3.32. The molecule has 3 rings (SSSR count). The maximum atomic E-state index is 14.9. The summed E-state index contributed by atoms with van der Waals surface area (Å²) in [5.74, 6) is -0.327. The third kappa shape index (κ3) is 6.61. The van der Waals surface area contributed by atoms with Gasteiger partial charge >= 0.3 is 0 Å². The van der Waals surface area contributed by atoms with Gasteiger partial charge < -0.3 is 10.6 Å². The monoisotopic (exact) mass is 503 g/mol. The molecule has 0 atom stereocenters. The highest BCUT2D eigenvalue weighted by Gasteiger charge is 2.22. The molecule has 1 amide bonds. The van der Waals surface area contributed by atoms with Gasteiger partial charge in [0.15, 0.2) is 5.82 Å². The first-order chi connectivity index (χ1) is 16.5. The van der Waals surface area contributed by atoms with Crippen molar-refractivity contribution in [1.82, 2.24) is 20.4 Å². The van der Waals surface area contributed by atoms with Gasteiger partial charge in [-0.25, -0.2) is 33.2 Å². The van der Waals surface area contributed by atoms with Crippen LogP contribution in [0.15, 0.2) is 30.5 Å². The SMILES string of the molecule is CCONC(=O)c1c(Nc2ccc(C)c(F)c2NS(C)(=O)=O)ccnc1Nc1cc(C)nc(C)n1. The predicted molar refractivity (Wildman–Crippen MR) is 131 cm³/mol.